The van der Waals surface area contributed by atoms with Gasteiger partial charge in [0.15, 0.2) is 5.78 Å². The van der Waals surface area contributed by atoms with E-state index in [1.54, 1.807) is 6.92 Å². The van der Waals surface area contributed by atoms with Gasteiger partial charge in [-0.1, -0.05) is 23.2 Å². The zero-order valence-corrected chi connectivity index (χ0v) is 11.0. The number of Topliss-reactive ketones (excluding diaryl/α,β-unsaturated/α-hetero) is 1. The van der Waals surface area contributed by atoms with Crippen molar-refractivity contribution in [2.24, 2.45) is 17.6 Å². The van der Waals surface area contributed by atoms with Crippen LogP contribution in [-0.2, 0) is 4.79 Å². The molecule has 0 heterocycles. The Labute approximate surface area is 114 Å². The maximum atomic E-state index is 12.2. The van der Waals surface area contributed by atoms with Crippen LogP contribution in [0.5, 0.6) is 0 Å². The fraction of sp³-hybridized carbons (Fsp3) is 0.333. The first kappa shape index (κ1) is 13.3. The van der Waals surface area contributed by atoms with Gasteiger partial charge in [-0.05, 0) is 25.1 Å². The van der Waals surface area contributed by atoms with Gasteiger partial charge in [0.2, 0.25) is 0 Å². The minimum Gasteiger partial charge on any atom is -0.481 e. The Balaban J connectivity index is 2.28. The first-order valence-corrected chi connectivity index (χ1v) is 6.03. The van der Waals surface area contributed by atoms with Crippen LogP contribution in [0, 0.1) is 11.8 Å². The van der Waals surface area contributed by atoms with E-state index in [1.165, 1.54) is 18.2 Å². The molecule has 0 radical (unpaired) electrons. The van der Waals surface area contributed by atoms with Crippen LogP contribution in [0.1, 0.15) is 17.3 Å². The highest BCUT2D eigenvalue weighted by atomic mass is 35.5. The van der Waals surface area contributed by atoms with Gasteiger partial charge in [0, 0.05) is 11.1 Å². The molecule has 1 fully saturated rings. The molecule has 0 aromatic heterocycles. The Morgan fingerprint density at radius 2 is 1.89 bits per heavy atom. The largest absolute Gasteiger partial charge is 0.481 e. The highest BCUT2D eigenvalue weighted by Gasteiger charge is 2.66. The van der Waals surface area contributed by atoms with Crippen molar-refractivity contribution in [2.45, 2.75) is 12.5 Å². The smallest absolute Gasteiger partial charge is 0.309 e. The Bertz CT molecular complexity index is 542. The topological polar surface area (TPSA) is 80.4 Å². The molecule has 4 nitrogen and oxygen atoms in total. The van der Waals surface area contributed by atoms with Gasteiger partial charge in [0.1, 0.15) is 0 Å². The Kier molecular flexibility index (Phi) is 3.13. The van der Waals surface area contributed by atoms with Crippen molar-refractivity contribution < 1.29 is 14.7 Å². The first-order chi connectivity index (χ1) is 8.26. The highest BCUT2D eigenvalue weighted by molar-refractivity contribution is 6.42. The van der Waals surface area contributed by atoms with Crippen LogP contribution in [0.2, 0.25) is 10.0 Å². The minimum atomic E-state index is -1.06. The second-order valence-corrected chi connectivity index (χ2v) is 5.47. The van der Waals surface area contributed by atoms with Gasteiger partial charge in [0.05, 0.1) is 21.9 Å². The van der Waals surface area contributed by atoms with Crippen LogP contribution >= 0.6 is 23.2 Å². The maximum Gasteiger partial charge on any atom is 0.309 e. The third-order valence-corrected chi connectivity index (χ3v) is 4.06. The van der Waals surface area contributed by atoms with Crippen molar-refractivity contribution in [3.8, 4) is 0 Å². The summed E-state index contributed by atoms with van der Waals surface area (Å²) in [5.41, 5.74) is 5.12. The fourth-order valence-corrected chi connectivity index (χ4v) is 2.50. The summed E-state index contributed by atoms with van der Waals surface area (Å²) in [7, 11) is 0. The van der Waals surface area contributed by atoms with Crippen molar-refractivity contribution in [1.82, 2.24) is 0 Å². The molecule has 18 heavy (non-hydrogen) atoms. The number of ketones is 1. The fourth-order valence-electron chi connectivity index (χ4n) is 2.20. The Hall–Kier alpha value is -1.10. The number of carbonyl (C=O) groups excluding carboxylic acids is 1. The normalized spacial score (nSPS) is 30.0. The zero-order chi connectivity index (χ0) is 13.7. The summed E-state index contributed by atoms with van der Waals surface area (Å²) in [6, 6.07) is 4.45. The highest BCUT2D eigenvalue weighted by Crippen LogP contribution is 2.50. The SMILES string of the molecule is CC1(N)C(C(=O)O)C1C(=O)c1ccc(Cl)c(Cl)c1. The Morgan fingerprint density at radius 3 is 2.33 bits per heavy atom. The number of aliphatic carboxylic acids is 1. The van der Waals surface area contributed by atoms with E-state index in [9.17, 15) is 9.59 Å². The van der Waals surface area contributed by atoms with Crippen LogP contribution in [0.4, 0.5) is 0 Å². The maximum absolute atomic E-state index is 12.2. The summed E-state index contributed by atoms with van der Waals surface area (Å²) in [6.45, 7) is 1.56. The van der Waals surface area contributed by atoms with Gasteiger partial charge in [0.25, 0.3) is 0 Å². The van der Waals surface area contributed by atoms with Crippen molar-refractivity contribution in [2.75, 3.05) is 0 Å². The van der Waals surface area contributed by atoms with Crippen molar-refractivity contribution in [1.29, 1.82) is 0 Å². The van der Waals surface area contributed by atoms with Gasteiger partial charge in [-0.15, -0.1) is 0 Å². The molecule has 1 aromatic rings. The molecule has 0 spiro atoms. The number of hydrogen-bond donors (Lipinski definition) is 2. The van der Waals surface area contributed by atoms with E-state index in [0.717, 1.165) is 0 Å². The molecule has 3 N–H and O–H groups in total. The standard InChI is InChI=1S/C12H11Cl2NO3/c1-12(15)8(9(12)11(17)18)10(16)5-2-3-6(13)7(14)4-5/h2-4,8-9H,15H2,1H3,(H,17,18). The molecule has 3 atom stereocenters. The lowest BCUT2D eigenvalue weighted by molar-refractivity contribution is -0.139. The number of carbonyl (C=O) groups is 2. The lowest BCUT2D eigenvalue weighted by Crippen LogP contribution is -2.25. The third kappa shape index (κ3) is 2.00. The molecule has 0 aliphatic heterocycles. The van der Waals surface area contributed by atoms with Crippen LogP contribution in [0.3, 0.4) is 0 Å². The van der Waals surface area contributed by atoms with E-state index in [0.29, 0.717) is 10.6 Å². The lowest BCUT2D eigenvalue weighted by Gasteiger charge is -2.04. The molecule has 1 aromatic carbocycles. The van der Waals surface area contributed by atoms with Crippen LogP contribution < -0.4 is 5.73 Å². The van der Waals surface area contributed by atoms with Crippen LogP contribution in [0.25, 0.3) is 0 Å². The third-order valence-electron chi connectivity index (χ3n) is 3.32. The average Bonchev–Trinajstić information content (AvgIpc) is 2.85. The van der Waals surface area contributed by atoms with E-state index in [2.05, 4.69) is 0 Å². The molecule has 0 bridgehead atoms. The van der Waals surface area contributed by atoms with Gasteiger partial charge >= 0.3 is 5.97 Å². The molecule has 1 aliphatic rings. The molecule has 96 valence electrons. The second kappa shape index (κ2) is 4.23. The monoisotopic (exact) mass is 287 g/mol. The summed E-state index contributed by atoms with van der Waals surface area (Å²) >= 11 is 11.6. The van der Waals surface area contributed by atoms with Crippen molar-refractivity contribution in [3.05, 3.63) is 33.8 Å². The molecule has 2 rings (SSSR count). The Morgan fingerprint density at radius 1 is 1.28 bits per heavy atom. The lowest BCUT2D eigenvalue weighted by atomic mass is 10.0. The predicted molar refractivity (Wildman–Crippen MR) is 68.0 cm³/mol. The zero-order valence-electron chi connectivity index (χ0n) is 9.48. The van der Waals surface area contributed by atoms with Crippen LogP contribution in [-0.4, -0.2) is 22.4 Å². The molecule has 0 amide bonds. The van der Waals surface area contributed by atoms with Gasteiger partial charge in [-0.2, -0.15) is 0 Å². The molecule has 6 heteroatoms. The van der Waals surface area contributed by atoms with E-state index >= 15 is 0 Å². The van der Waals surface area contributed by atoms with E-state index in [-0.39, 0.29) is 10.8 Å². The van der Waals surface area contributed by atoms with Gasteiger partial charge < -0.3 is 10.8 Å². The summed E-state index contributed by atoms with van der Waals surface area (Å²) in [5.74, 6) is -2.93. The number of carboxylic acid groups (broad SMARTS) is 1. The number of benzene rings is 1. The van der Waals surface area contributed by atoms with Gasteiger partial charge in [-0.3, -0.25) is 9.59 Å². The summed E-state index contributed by atoms with van der Waals surface area (Å²) in [5, 5.41) is 9.57. The summed E-state index contributed by atoms with van der Waals surface area (Å²) < 4.78 is 0. The second-order valence-electron chi connectivity index (χ2n) is 4.65. The number of rotatable bonds is 3. The van der Waals surface area contributed by atoms with Gasteiger partial charge in [-0.25, -0.2) is 0 Å². The summed E-state index contributed by atoms with van der Waals surface area (Å²) in [4.78, 5) is 23.1. The van der Waals surface area contributed by atoms with E-state index < -0.39 is 23.3 Å². The van der Waals surface area contributed by atoms with Crippen molar-refractivity contribution in [3.63, 3.8) is 0 Å². The molecular weight excluding hydrogens is 277 g/mol. The van der Waals surface area contributed by atoms with Crippen LogP contribution in [0.15, 0.2) is 18.2 Å². The van der Waals surface area contributed by atoms with E-state index in [1.807, 2.05) is 0 Å². The molecule has 1 saturated carbocycles. The number of carboxylic acids is 1. The number of halogens is 2. The summed E-state index contributed by atoms with van der Waals surface area (Å²) in [6.07, 6.45) is 0. The molecule has 3 unspecified atom stereocenters. The van der Waals surface area contributed by atoms with Crippen molar-refractivity contribution >= 4 is 35.0 Å². The van der Waals surface area contributed by atoms with E-state index in [4.69, 9.17) is 34.0 Å². The quantitative estimate of drug-likeness (QED) is 0.836. The number of nitrogens with two attached hydrogens (primary N) is 1. The molecule has 0 saturated heterocycles. The molecule has 1 aliphatic carbocycles. The average molecular weight is 288 g/mol. The number of hydrogen-bond acceptors (Lipinski definition) is 3. The first-order valence-electron chi connectivity index (χ1n) is 5.27. The predicted octanol–water partition coefficient (Wildman–Crippen LogP) is 2.22. The molecular formula is C12H11Cl2NO3. The minimum absolute atomic E-state index is 0.258.